The van der Waals surface area contributed by atoms with Crippen molar-refractivity contribution >= 4 is 18.0 Å². The molecule has 0 saturated carbocycles. The molecule has 0 radical (unpaired) electrons. The first-order valence-electron chi connectivity index (χ1n) is 7.93. The van der Waals surface area contributed by atoms with Crippen LogP contribution in [0.2, 0.25) is 0 Å². The van der Waals surface area contributed by atoms with Crippen molar-refractivity contribution in [1.82, 2.24) is 5.32 Å². The number of esters is 1. The highest BCUT2D eigenvalue weighted by molar-refractivity contribution is 5.98. The number of nitrogens with one attached hydrogen (secondary N) is 1. The van der Waals surface area contributed by atoms with Gasteiger partial charge in [-0.2, -0.15) is 5.26 Å². The minimum atomic E-state index is -0.842. The molecule has 132 valence electrons. The molecule has 0 aliphatic carbocycles. The first kappa shape index (κ1) is 18.5. The lowest BCUT2D eigenvalue weighted by Crippen LogP contribution is -2.34. The largest absolute Gasteiger partial charge is 0.497 e. The van der Waals surface area contributed by atoms with Gasteiger partial charge >= 0.3 is 5.97 Å². The number of hydrogen-bond donors (Lipinski definition) is 1. The molecule has 1 saturated heterocycles. The molecular formula is C18H20N2O5. The molecule has 1 aromatic rings. The topological polar surface area (TPSA) is 97.6 Å². The van der Waals surface area contributed by atoms with Gasteiger partial charge in [0, 0.05) is 13.2 Å². The van der Waals surface area contributed by atoms with Gasteiger partial charge in [0.1, 0.15) is 17.4 Å². The maximum atomic E-state index is 11.9. The zero-order chi connectivity index (χ0) is 18.1. The van der Waals surface area contributed by atoms with Crippen LogP contribution in [0.25, 0.3) is 6.08 Å². The summed E-state index contributed by atoms with van der Waals surface area (Å²) >= 11 is 0. The highest BCUT2D eigenvalue weighted by Crippen LogP contribution is 2.14. The molecule has 0 bridgehead atoms. The summed E-state index contributed by atoms with van der Waals surface area (Å²) in [6, 6.07) is 8.62. The molecule has 0 unspecified atom stereocenters. The number of ether oxygens (including phenoxy) is 3. The standard InChI is InChI=1S/C18H20N2O5/c1-23-15-6-4-13(5-7-15)9-14(10-19)18(22)25-12-17(21)20-11-16-3-2-8-24-16/h4-7,9,16H,2-3,8,11-12H2,1H3,(H,20,21)/b14-9+/t16-/m0/s1. The second-order valence-electron chi connectivity index (χ2n) is 5.46. The number of carbonyl (C=O) groups is 2. The number of carbonyl (C=O) groups excluding carboxylic acids is 2. The summed E-state index contributed by atoms with van der Waals surface area (Å²) in [4.78, 5) is 23.6. The average Bonchev–Trinajstić information content (AvgIpc) is 3.16. The van der Waals surface area contributed by atoms with Gasteiger partial charge in [0.05, 0.1) is 13.2 Å². The molecule has 1 fully saturated rings. The number of rotatable bonds is 7. The van der Waals surface area contributed by atoms with Gasteiger partial charge in [0.15, 0.2) is 6.61 Å². The van der Waals surface area contributed by atoms with Crippen LogP contribution in [-0.2, 0) is 19.1 Å². The van der Waals surface area contributed by atoms with Crippen LogP contribution in [0.5, 0.6) is 5.75 Å². The maximum absolute atomic E-state index is 11.9. The number of benzene rings is 1. The number of methoxy groups -OCH3 is 1. The van der Waals surface area contributed by atoms with Crippen LogP contribution in [-0.4, -0.2) is 44.8 Å². The monoisotopic (exact) mass is 344 g/mol. The molecule has 1 heterocycles. The number of nitriles is 1. The van der Waals surface area contributed by atoms with Crippen LogP contribution in [0, 0.1) is 11.3 Å². The Balaban J connectivity index is 1.83. The Labute approximate surface area is 146 Å². The van der Waals surface area contributed by atoms with E-state index in [4.69, 9.17) is 19.5 Å². The lowest BCUT2D eigenvalue weighted by Gasteiger charge is -2.10. The summed E-state index contributed by atoms with van der Waals surface area (Å²) in [5, 5.41) is 11.8. The van der Waals surface area contributed by atoms with Crippen molar-refractivity contribution in [1.29, 1.82) is 5.26 Å². The summed E-state index contributed by atoms with van der Waals surface area (Å²) in [6.45, 7) is 0.660. The SMILES string of the molecule is COc1ccc(/C=C(\C#N)C(=O)OCC(=O)NC[C@@H]2CCCO2)cc1. The van der Waals surface area contributed by atoms with Crippen LogP contribution in [0.4, 0.5) is 0 Å². The van der Waals surface area contributed by atoms with E-state index in [-0.39, 0.29) is 11.7 Å². The Bertz CT molecular complexity index is 670. The van der Waals surface area contributed by atoms with Gasteiger partial charge in [-0.25, -0.2) is 4.79 Å². The van der Waals surface area contributed by atoms with Crippen molar-refractivity contribution < 1.29 is 23.8 Å². The zero-order valence-corrected chi connectivity index (χ0v) is 14.0. The van der Waals surface area contributed by atoms with Crippen molar-refractivity contribution in [2.24, 2.45) is 0 Å². The molecule has 1 amide bonds. The Morgan fingerprint density at radius 2 is 2.16 bits per heavy atom. The van der Waals surface area contributed by atoms with Gasteiger partial charge < -0.3 is 19.5 Å². The minimum Gasteiger partial charge on any atom is -0.497 e. The van der Waals surface area contributed by atoms with E-state index in [1.807, 2.05) is 0 Å². The Kier molecular flexibility index (Phi) is 6.99. The fraction of sp³-hybridized carbons (Fsp3) is 0.389. The van der Waals surface area contributed by atoms with Crippen molar-refractivity contribution in [2.75, 3.05) is 26.9 Å². The third kappa shape index (κ3) is 5.94. The summed E-state index contributed by atoms with van der Waals surface area (Å²) in [6.07, 6.45) is 3.30. The van der Waals surface area contributed by atoms with Gasteiger partial charge in [0.2, 0.25) is 0 Å². The summed E-state index contributed by atoms with van der Waals surface area (Å²) < 4.78 is 15.3. The molecule has 7 heteroatoms. The Hall–Kier alpha value is -2.85. The van der Waals surface area contributed by atoms with E-state index in [0.29, 0.717) is 24.5 Å². The number of nitrogens with zero attached hydrogens (tertiary/aromatic N) is 1. The van der Waals surface area contributed by atoms with Crippen molar-refractivity contribution in [3.05, 3.63) is 35.4 Å². The molecular weight excluding hydrogens is 324 g/mol. The molecule has 0 spiro atoms. The Morgan fingerprint density at radius 1 is 1.40 bits per heavy atom. The van der Waals surface area contributed by atoms with Gasteiger partial charge in [-0.1, -0.05) is 12.1 Å². The second kappa shape index (κ2) is 9.45. The van der Waals surface area contributed by atoms with Crippen molar-refractivity contribution in [3.63, 3.8) is 0 Å². The van der Waals surface area contributed by atoms with Crippen LogP contribution < -0.4 is 10.1 Å². The molecule has 0 aromatic heterocycles. The van der Waals surface area contributed by atoms with Crippen LogP contribution in [0.3, 0.4) is 0 Å². The van der Waals surface area contributed by atoms with Crippen molar-refractivity contribution in [3.8, 4) is 11.8 Å². The van der Waals surface area contributed by atoms with Gasteiger partial charge in [0.25, 0.3) is 5.91 Å². The van der Waals surface area contributed by atoms with Crippen molar-refractivity contribution in [2.45, 2.75) is 18.9 Å². The number of amides is 1. The van der Waals surface area contributed by atoms with E-state index in [1.54, 1.807) is 37.4 Å². The van der Waals surface area contributed by atoms with E-state index in [9.17, 15) is 9.59 Å². The molecule has 25 heavy (non-hydrogen) atoms. The van der Waals surface area contributed by atoms with E-state index in [1.165, 1.54) is 6.08 Å². The molecule has 1 aromatic carbocycles. The van der Waals surface area contributed by atoms with Crippen LogP contribution >= 0.6 is 0 Å². The van der Waals surface area contributed by atoms with Gasteiger partial charge in [-0.05, 0) is 36.6 Å². The lowest BCUT2D eigenvalue weighted by atomic mass is 10.1. The predicted molar refractivity (Wildman–Crippen MR) is 89.5 cm³/mol. The first-order chi connectivity index (χ1) is 12.1. The quantitative estimate of drug-likeness (QED) is 0.457. The second-order valence-corrected chi connectivity index (χ2v) is 5.46. The summed E-state index contributed by atoms with van der Waals surface area (Å²) in [7, 11) is 1.55. The smallest absolute Gasteiger partial charge is 0.349 e. The lowest BCUT2D eigenvalue weighted by molar-refractivity contribution is -0.144. The van der Waals surface area contributed by atoms with E-state index < -0.39 is 18.5 Å². The minimum absolute atomic E-state index is 0.0179. The summed E-state index contributed by atoms with van der Waals surface area (Å²) in [5.41, 5.74) is 0.467. The molecule has 2 rings (SSSR count). The summed E-state index contributed by atoms with van der Waals surface area (Å²) in [5.74, 6) is -0.600. The molecule has 1 atom stereocenters. The van der Waals surface area contributed by atoms with E-state index in [0.717, 1.165) is 12.8 Å². The van der Waals surface area contributed by atoms with Gasteiger partial charge in [-0.3, -0.25) is 4.79 Å². The Morgan fingerprint density at radius 3 is 2.76 bits per heavy atom. The zero-order valence-electron chi connectivity index (χ0n) is 14.0. The van der Waals surface area contributed by atoms with E-state index in [2.05, 4.69) is 5.32 Å². The first-order valence-corrected chi connectivity index (χ1v) is 7.93. The third-order valence-corrected chi connectivity index (χ3v) is 3.65. The molecule has 1 aliphatic rings. The third-order valence-electron chi connectivity index (χ3n) is 3.65. The molecule has 1 aliphatic heterocycles. The van der Waals surface area contributed by atoms with Gasteiger partial charge in [-0.15, -0.1) is 0 Å². The fourth-order valence-electron chi connectivity index (χ4n) is 2.30. The molecule has 7 nitrogen and oxygen atoms in total. The fourth-order valence-corrected chi connectivity index (χ4v) is 2.30. The maximum Gasteiger partial charge on any atom is 0.349 e. The molecule has 1 N–H and O–H groups in total. The highest BCUT2D eigenvalue weighted by Gasteiger charge is 2.17. The van der Waals surface area contributed by atoms with Crippen LogP contribution in [0.15, 0.2) is 29.8 Å². The predicted octanol–water partition coefficient (Wildman–Crippen LogP) is 1.44. The average molecular weight is 344 g/mol. The number of hydrogen-bond acceptors (Lipinski definition) is 6. The van der Waals surface area contributed by atoms with E-state index >= 15 is 0 Å². The van der Waals surface area contributed by atoms with Crippen LogP contribution in [0.1, 0.15) is 18.4 Å². The normalized spacial score (nSPS) is 16.8. The highest BCUT2D eigenvalue weighted by atomic mass is 16.5.